The fourth-order valence-corrected chi connectivity index (χ4v) is 3.63. The van der Waals surface area contributed by atoms with Crippen molar-refractivity contribution in [1.82, 2.24) is 10.2 Å². The van der Waals surface area contributed by atoms with Gasteiger partial charge in [0.05, 0.1) is 0 Å². The molecule has 2 saturated heterocycles. The lowest BCUT2D eigenvalue weighted by Gasteiger charge is -2.45. The second-order valence-electron chi connectivity index (χ2n) is 6.57. The number of nitrogens with one attached hydrogen (secondary N) is 1. The second-order valence-corrected chi connectivity index (χ2v) is 6.57. The Bertz CT molecular complexity index is 543. The summed E-state index contributed by atoms with van der Waals surface area (Å²) < 4.78 is 13.4. The lowest BCUT2D eigenvalue weighted by atomic mass is 9.72. The van der Waals surface area contributed by atoms with Crippen LogP contribution in [0, 0.1) is 18.2 Å². The number of benzene rings is 1. The van der Waals surface area contributed by atoms with Gasteiger partial charge in [-0.1, -0.05) is 6.07 Å². The Balaban J connectivity index is 0.00000176. The number of carbonyl (C=O) groups excluding carboxylic acids is 1. The number of piperidine rings is 2. The Morgan fingerprint density at radius 2 is 2.00 bits per heavy atom. The summed E-state index contributed by atoms with van der Waals surface area (Å²) in [5, 5.41) is 3.40. The molecule has 0 unspecified atom stereocenters. The molecule has 2 heterocycles. The van der Waals surface area contributed by atoms with E-state index in [1.54, 1.807) is 12.1 Å². The summed E-state index contributed by atoms with van der Waals surface area (Å²) in [7, 11) is 0. The maximum absolute atomic E-state index is 13.4. The number of halogens is 2. The van der Waals surface area contributed by atoms with Gasteiger partial charge in [0.15, 0.2) is 0 Å². The van der Waals surface area contributed by atoms with Crippen LogP contribution in [0.1, 0.15) is 36.8 Å². The number of carbonyl (C=O) groups is 1. The summed E-state index contributed by atoms with van der Waals surface area (Å²) in [5.41, 5.74) is 2.25. The van der Waals surface area contributed by atoms with Gasteiger partial charge >= 0.3 is 0 Å². The molecule has 22 heavy (non-hydrogen) atoms. The molecule has 2 aliphatic rings. The molecule has 122 valence electrons. The van der Waals surface area contributed by atoms with Crippen molar-refractivity contribution in [3.05, 3.63) is 35.1 Å². The van der Waals surface area contributed by atoms with Crippen molar-refractivity contribution >= 4 is 18.3 Å². The zero-order valence-corrected chi connectivity index (χ0v) is 13.8. The fraction of sp³-hybridized carbons (Fsp3) is 0.588. The molecule has 0 aliphatic carbocycles. The van der Waals surface area contributed by atoms with Crippen LogP contribution in [0.15, 0.2) is 18.2 Å². The van der Waals surface area contributed by atoms with E-state index in [0.29, 0.717) is 13.0 Å². The first-order valence-electron chi connectivity index (χ1n) is 7.82. The molecular weight excluding hydrogens is 303 g/mol. The molecule has 2 fully saturated rings. The van der Waals surface area contributed by atoms with Crippen molar-refractivity contribution in [2.45, 2.75) is 39.2 Å². The number of rotatable bonds is 2. The fourth-order valence-electron chi connectivity index (χ4n) is 3.63. The van der Waals surface area contributed by atoms with Gasteiger partial charge in [-0.05, 0) is 68.0 Å². The lowest BCUT2D eigenvalue weighted by molar-refractivity contribution is -0.139. The van der Waals surface area contributed by atoms with Crippen LogP contribution in [0.4, 0.5) is 4.39 Å². The van der Waals surface area contributed by atoms with E-state index in [4.69, 9.17) is 0 Å². The van der Waals surface area contributed by atoms with E-state index in [-0.39, 0.29) is 29.5 Å². The highest BCUT2D eigenvalue weighted by Gasteiger charge is 2.39. The van der Waals surface area contributed by atoms with E-state index in [0.717, 1.165) is 50.0 Å². The van der Waals surface area contributed by atoms with Gasteiger partial charge in [-0.3, -0.25) is 4.79 Å². The molecule has 0 aromatic heterocycles. The largest absolute Gasteiger partial charge is 0.338 e. The van der Waals surface area contributed by atoms with Gasteiger partial charge in [0.25, 0.3) is 0 Å². The lowest BCUT2D eigenvalue weighted by Crippen LogP contribution is -2.50. The Hall–Kier alpha value is -1.13. The summed E-state index contributed by atoms with van der Waals surface area (Å²) >= 11 is 0. The predicted octanol–water partition coefficient (Wildman–Crippen LogP) is 3.05. The van der Waals surface area contributed by atoms with E-state index < -0.39 is 0 Å². The van der Waals surface area contributed by atoms with Gasteiger partial charge in [-0.15, -0.1) is 12.4 Å². The SMILES string of the molecule is Cc1ccc(F)cc1CN1CC2(CCNCC2)CCC1=O.Cl. The maximum Gasteiger partial charge on any atom is 0.222 e. The van der Waals surface area contributed by atoms with E-state index in [9.17, 15) is 9.18 Å². The van der Waals surface area contributed by atoms with Gasteiger partial charge in [-0.25, -0.2) is 4.39 Å². The molecule has 1 aromatic carbocycles. The molecule has 1 amide bonds. The van der Waals surface area contributed by atoms with E-state index in [1.807, 2.05) is 11.8 Å². The smallest absolute Gasteiger partial charge is 0.222 e. The monoisotopic (exact) mass is 326 g/mol. The van der Waals surface area contributed by atoms with Gasteiger partial charge in [0, 0.05) is 19.5 Å². The first kappa shape index (κ1) is 17.2. The second kappa shape index (κ2) is 6.97. The third-order valence-electron chi connectivity index (χ3n) is 5.08. The minimum Gasteiger partial charge on any atom is -0.338 e. The molecular formula is C17H24ClFN2O. The Labute approximate surface area is 137 Å². The van der Waals surface area contributed by atoms with Crippen molar-refractivity contribution in [1.29, 1.82) is 0 Å². The minimum atomic E-state index is -0.225. The summed E-state index contributed by atoms with van der Waals surface area (Å²) in [4.78, 5) is 14.2. The summed E-state index contributed by atoms with van der Waals surface area (Å²) in [6.45, 7) is 5.42. The highest BCUT2D eigenvalue weighted by atomic mass is 35.5. The minimum absolute atomic E-state index is 0. The van der Waals surface area contributed by atoms with Crippen LogP contribution in [0.2, 0.25) is 0 Å². The van der Waals surface area contributed by atoms with Gasteiger partial charge < -0.3 is 10.2 Å². The van der Waals surface area contributed by atoms with Crippen LogP contribution in [-0.4, -0.2) is 30.4 Å². The van der Waals surface area contributed by atoms with Crippen molar-refractivity contribution in [2.24, 2.45) is 5.41 Å². The van der Waals surface area contributed by atoms with E-state index in [2.05, 4.69) is 5.32 Å². The molecule has 1 N–H and O–H groups in total. The average molecular weight is 327 g/mol. The van der Waals surface area contributed by atoms with Gasteiger partial charge in [-0.2, -0.15) is 0 Å². The molecule has 0 saturated carbocycles. The van der Waals surface area contributed by atoms with Gasteiger partial charge in [0.2, 0.25) is 5.91 Å². The molecule has 0 bridgehead atoms. The highest BCUT2D eigenvalue weighted by Crippen LogP contribution is 2.39. The molecule has 3 rings (SSSR count). The van der Waals surface area contributed by atoms with Crippen molar-refractivity contribution in [3.8, 4) is 0 Å². The van der Waals surface area contributed by atoms with Crippen LogP contribution >= 0.6 is 12.4 Å². The quantitative estimate of drug-likeness (QED) is 0.906. The summed E-state index contributed by atoms with van der Waals surface area (Å²) in [5.74, 6) is -0.0144. The van der Waals surface area contributed by atoms with Crippen LogP contribution < -0.4 is 5.32 Å². The number of hydrogen-bond donors (Lipinski definition) is 1. The van der Waals surface area contributed by atoms with E-state index in [1.165, 1.54) is 6.07 Å². The third kappa shape index (κ3) is 3.61. The predicted molar refractivity (Wildman–Crippen MR) is 87.6 cm³/mol. The molecule has 0 radical (unpaired) electrons. The van der Waals surface area contributed by atoms with Crippen molar-refractivity contribution in [3.63, 3.8) is 0 Å². The zero-order chi connectivity index (χ0) is 14.9. The molecule has 2 aliphatic heterocycles. The number of nitrogens with zero attached hydrogens (tertiary/aromatic N) is 1. The molecule has 5 heteroatoms. The van der Waals surface area contributed by atoms with E-state index >= 15 is 0 Å². The first-order valence-corrected chi connectivity index (χ1v) is 7.82. The summed E-state index contributed by atoms with van der Waals surface area (Å²) in [6, 6.07) is 4.83. The Morgan fingerprint density at radius 1 is 1.27 bits per heavy atom. The van der Waals surface area contributed by atoms with Crippen LogP contribution in [0.25, 0.3) is 0 Å². The van der Waals surface area contributed by atoms with Crippen molar-refractivity contribution < 1.29 is 9.18 Å². The number of likely N-dealkylation sites (tertiary alicyclic amines) is 1. The van der Waals surface area contributed by atoms with Crippen LogP contribution in [0.3, 0.4) is 0 Å². The molecule has 1 aromatic rings. The zero-order valence-electron chi connectivity index (χ0n) is 13.0. The topological polar surface area (TPSA) is 32.3 Å². The Kier molecular flexibility index (Phi) is 5.45. The van der Waals surface area contributed by atoms with Crippen LogP contribution in [0.5, 0.6) is 0 Å². The maximum atomic E-state index is 13.4. The molecule has 3 nitrogen and oxygen atoms in total. The molecule has 0 atom stereocenters. The first-order chi connectivity index (χ1) is 10.1. The Morgan fingerprint density at radius 3 is 2.73 bits per heavy atom. The normalized spacial score (nSPS) is 20.8. The number of aryl methyl sites for hydroxylation is 1. The van der Waals surface area contributed by atoms with Crippen LogP contribution in [-0.2, 0) is 11.3 Å². The van der Waals surface area contributed by atoms with Gasteiger partial charge in [0.1, 0.15) is 5.82 Å². The third-order valence-corrected chi connectivity index (χ3v) is 5.08. The number of amides is 1. The average Bonchev–Trinajstić information content (AvgIpc) is 2.48. The summed E-state index contributed by atoms with van der Waals surface area (Å²) in [6.07, 6.45) is 3.92. The van der Waals surface area contributed by atoms with Crippen molar-refractivity contribution in [2.75, 3.05) is 19.6 Å². The molecule has 1 spiro atoms. The highest BCUT2D eigenvalue weighted by molar-refractivity contribution is 5.85. The standard InChI is InChI=1S/C17H23FN2O.ClH/c1-13-2-3-15(18)10-14(13)11-20-12-17(5-4-16(20)21)6-8-19-9-7-17;/h2-3,10,19H,4-9,11-12H2,1H3;1H. The number of hydrogen-bond acceptors (Lipinski definition) is 2.